The summed E-state index contributed by atoms with van der Waals surface area (Å²) in [6, 6.07) is 5.87. The van der Waals surface area contributed by atoms with Gasteiger partial charge in [-0.3, -0.25) is 0 Å². The largest absolute Gasteiger partial charge is 0.389 e. The van der Waals surface area contributed by atoms with Gasteiger partial charge in [-0.25, -0.2) is 4.98 Å². The van der Waals surface area contributed by atoms with Crippen LogP contribution in [0.15, 0.2) is 35.1 Å². The molecule has 3 nitrogen and oxygen atoms in total. The Morgan fingerprint density at radius 1 is 1.50 bits per heavy atom. The van der Waals surface area contributed by atoms with Crippen molar-refractivity contribution in [3.8, 4) is 5.69 Å². The van der Waals surface area contributed by atoms with Gasteiger partial charge >= 0.3 is 0 Å². The highest BCUT2D eigenvalue weighted by Crippen LogP contribution is 2.24. The van der Waals surface area contributed by atoms with Gasteiger partial charge in [0.2, 0.25) is 0 Å². The summed E-state index contributed by atoms with van der Waals surface area (Å²) in [5, 5.41) is 0. The predicted octanol–water partition coefficient (Wildman–Crippen LogP) is 3.22. The topological polar surface area (TPSA) is 43.8 Å². The lowest BCUT2D eigenvalue weighted by Crippen LogP contribution is -2.10. The maximum atomic E-state index is 5.62. The van der Waals surface area contributed by atoms with Gasteiger partial charge in [0.05, 0.1) is 5.69 Å². The minimum atomic E-state index is 0.404. The van der Waals surface area contributed by atoms with E-state index in [-0.39, 0.29) is 0 Å². The van der Waals surface area contributed by atoms with E-state index in [4.69, 9.17) is 18.0 Å². The average molecular weight is 324 g/mol. The fourth-order valence-electron chi connectivity index (χ4n) is 1.82. The number of halogens is 1. The number of nitrogens with zero attached hydrogens (tertiary/aromatic N) is 2. The van der Waals surface area contributed by atoms with Crippen molar-refractivity contribution in [3.63, 3.8) is 0 Å². The fourth-order valence-corrected chi connectivity index (χ4v) is 2.51. The molecule has 2 N–H and O–H groups in total. The van der Waals surface area contributed by atoms with Gasteiger partial charge in [0.15, 0.2) is 0 Å². The van der Waals surface area contributed by atoms with E-state index in [1.54, 1.807) is 0 Å². The van der Waals surface area contributed by atoms with Crippen LogP contribution in [0.3, 0.4) is 0 Å². The van der Waals surface area contributed by atoms with Crippen LogP contribution in [0.1, 0.15) is 24.7 Å². The van der Waals surface area contributed by atoms with Gasteiger partial charge < -0.3 is 10.3 Å². The molecule has 0 radical (unpaired) electrons. The highest BCUT2D eigenvalue weighted by Gasteiger charge is 2.08. The van der Waals surface area contributed by atoms with Gasteiger partial charge in [-0.05, 0) is 40.5 Å². The van der Waals surface area contributed by atoms with Crippen LogP contribution < -0.4 is 5.73 Å². The monoisotopic (exact) mass is 323 g/mol. The SMILES string of the molecule is CCCc1nccn1-c1ccc(C(N)=S)cc1Br. The van der Waals surface area contributed by atoms with Gasteiger partial charge in [-0.1, -0.05) is 19.1 Å². The number of nitrogens with two attached hydrogens (primary N) is 1. The number of hydrogen-bond acceptors (Lipinski definition) is 2. The summed E-state index contributed by atoms with van der Waals surface area (Å²) in [5.74, 6) is 1.06. The summed E-state index contributed by atoms with van der Waals surface area (Å²) >= 11 is 8.53. The third kappa shape index (κ3) is 2.62. The molecule has 2 aromatic rings. The van der Waals surface area contributed by atoms with E-state index in [0.29, 0.717) is 4.99 Å². The highest BCUT2D eigenvalue weighted by molar-refractivity contribution is 9.10. The second-order valence-corrected chi connectivity index (χ2v) is 5.29. The molecule has 0 fully saturated rings. The van der Waals surface area contributed by atoms with Crippen molar-refractivity contribution in [1.82, 2.24) is 9.55 Å². The molecule has 0 aliphatic rings. The molecule has 2 rings (SSSR count). The van der Waals surface area contributed by atoms with E-state index in [2.05, 4.69) is 32.4 Å². The number of benzene rings is 1. The van der Waals surface area contributed by atoms with Crippen molar-refractivity contribution >= 4 is 33.1 Å². The molecular weight excluding hydrogens is 310 g/mol. The number of aryl methyl sites for hydroxylation is 1. The first kappa shape index (κ1) is 13.2. The fraction of sp³-hybridized carbons (Fsp3) is 0.231. The molecule has 1 heterocycles. The lowest BCUT2D eigenvalue weighted by Gasteiger charge is -2.10. The van der Waals surface area contributed by atoms with Crippen LogP contribution in [-0.4, -0.2) is 14.5 Å². The van der Waals surface area contributed by atoms with Gasteiger partial charge in [0, 0.05) is 28.9 Å². The Balaban J connectivity index is 2.44. The molecule has 0 aliphatic heterocycles. The molecule has 0 atom stereocenters. The van der Waals surface area contributed by atoms with Crippen molar-refractivity contribution in [2.75, 3.05) is 0 Å². The summed E-state index contributed by atoms with van der Waals surface area (Å²) < 4.78 is 3.04. The standard InChI is InChI=1S/C13H14BrN3S/c1-2-3-12-16-6-7-17(12)11-5-4-9(13(15)18)8-10(11)14/h4-8H,2-3H2,1H3,(H2,15,18). The molecule has 94 valence electrons. The predicted molar refractivity (Wildman–Crippen MR) is 81.1 cm³/mol. The minimum Gasteiger partial charge on any atom is -0.389 e. The van der Waals surface area contributed by atoms with Crippen molar-refractivity contribution in [3.05, 3.63) is 46.5 Å². The van der Waals surface area contributed by atoms with Crippen molar-refractivity contribution in [2.24, 2.45) is 5.73 Å². The number of thiocarbonyl (C=S) groups is 1. The molecule has 0 unspecified atom stereocenters. The third-order valence-corrected chi connectivity index (χ3v) is 3.55. The summed E-state index contributed by atoms with van der Waals surface area (Å²) in [7, 11) is 0. The molecule has 0 bridgehead atoms. The number of hydrogen-bond donors (Lipinski definition) is 1. The number of rotatable bonds is 4. The first-order valence-electron chi connectivity index (χ1n) is 5.75. The molecular formula is C13H14BrN3S. The van der Waals surface area contributed by atoms with Crippen LogP contribution in [0, 0.1) is 0 Å². The van der Waals surface area contributed by atoms with Crippen LogP contribution in [0.5, 0.6) is 0 Å². The second-order valence-electron chi connectivity index (χ2n) is 3.99. The Kier molecular flexibility index (Phi) is 4.14. The van der Waals surface area contributed by atoms with E-state index in [9.17, 15) is 0 Å². The van der Waals surface area contributed by atoms with Crippen molar-refractivity contribution in [2.45, 2.75) is 19.8 Å². The smallest absolute Gasteiger partial charge is 0.113 e. The van der Waals surface area contributed by atoms with Gasteiger partial charge in [0.25, 0.3) is 0 Å². The number of aromatic nitrogens is 2. The first-order chi connectivity index (χ1) is 8.63. The molecule has 1 aromatic carbocycles. The zero-order valence-corrected chi connectivity index (χ0v) is 12.5. The summed E-state index contributed by atoms with van der Waals surface area (Å²) in [5.41, 5.74) is 7.53. The zero-order chi connectivity index (χ0) is 13.1. The van der Waals surface area contributed by atoms with Crippen molar-refractivity contribution in [1.29, 1.82) is 0 Å². The van der Waals surface area contributed by atoms with E-state index in [1.165, 1.54) is 0 Å². The molecule has 0 aliphatic carbocycles. The molecule has 0 saturated carbocycles. The lowest BCUT2D eigenvalue weighted by molar-refractivity contribution is 0.808. The normalized spacial score (nSPS) is 10.6. The third-order valence-electron chi connectivity index (χ3n) is 2.68. The summed E-state index contributed by atoms with van der Waals surface area (Å²) in [4.78, 5) is 4.78. The Hall–Kier alpha value is -1.20. The van der Waals surface area contributed by atoms with Gasteiger partial charge in [0.1, 0.15) is 10.8 Å². The van der Waals surface area contributed by atoms with E-state index in [1.807, 2.05) is 30.6 Å². The summed E-state index contributed by atoms with van der Waals surface area (Å²) in [6.07, 6.45) is 5.81. The van der Waals surface area contributed by atoms with Gasteiger partial charge in [-0.2, -0.15) is 0 Å². The maximum absolute atomic E-state index is 5.62. The number of imidazole rings is 1. The molecule has 5 heteroatoms. The van der Waals surface area contributed by atoms with E-state index in [0.717, 1.165) is 34.4 Å². The molecule has 0 spiro atoms. The maximum Gasteiger partial charge on any atom is 0.113 e. The Morgan fingerprint density at radius 2 is 2.28 bits per heavy atom. The van der Waals surface area contributed by atoms with Crippen LogP contribution in [0.2, 0.25) is 0 Å². The lowest BCUT2D eigenvalue weighted by atomic mass is 10.2. The summed E-state index contributed by atoms with van der Waals surface area (Å²) in [6.45, 7) is 2.14. The van der Waals surface area contributed by atoms with Gasteiger partial charge in [-0.15, -0.1) is 0 Å². The van der Waals surface area contributed by atoms with E-state index >= 15 is 0 Å². The van der Waals surface area contributed by atoms with Crippen LogP contribution in [0.4, 0.5) is 0 Å². The van der Waals surface area contributed by atoms with E-state index < -0.39 is 0 Å². The highest BCUT2D eigenvalue weighted by atomic mass is 79.9. The molecule has 0 amide bonds. The average Bonchev–Trinajstić information content (AvgIpc) is 2.77. The Labute approximate surface area is 120 Å². The van der Waals surface area contributed by atoms with Crippen LogP contribution in [-0.2, 0) is 6.42 Å². The Bertz CT molecular complexity index is 577. The Morgan fingerprint density at radius 3 is 2.89 bits per heavy atom. The molecule has 18 heavy (non-hydrogen) atoms. The van der Waals surface area contributed by atoms with Crippen LogP contribution in [0.25, 0.3) is 5.69 Å². The first-order valence-corrected chi connectivity index (χ1v) is 6.95. The van der Waals surface area contributed by atoms with Crippen LogP contribution >= 0.6 is 28.1 Å². The van der Waals surface area contributed by atoms with Crippen molar-refractivity contribution < 1.29 is 0 Å². The second kappa shape index (κ2) is 5.63. The minimum absolute atomic E-state index is 0.404. The zero-order valence-electron chi connectivity index (χ0n) is 10.1. The molecule has 0 saturated heterocycles. The quantitative estimate of drug-likeness (QED) is 0.878. The molecule has 1 aromatic heterocycles.